The molecule has 218 valence electrons. The van der Waals surface area contributed by atoms with Gasteiger partial charge in [0, 0.05) is 23.2 Å². The summed E-state index contributed by atoms with van der Waals surface area (Å²) in [5, 5.41) is 12.3. The molecule has 8 aromatic rings. The summed E-state index contributed by atoms with van der Waals surface area (Å²) in [6.45, 7) is 0. The summed E-state index contributed by atoms with van der Waals surface area (Å²) in [6.07, 6.45) is 3.77. The minimum atomic E-state index is -0.597. The van der Waals surface area contributed by atoms with Gasteiger partial charge in [-0.25, -0.2) is 4.98 Å². The first-order valence-electron chi connectivity index (χ1n) is 15.7. The smallest absolute Gasteiger partial charge is 0.140 e. The summed E-state index contributed by atoms with van der Waals surface area (Å²) in [5.41, 5.74) is 11.4. The lowest BCUT2D eigenvalue weighted by atomic mass is 9.64. The van der Waals surface area contributed by atoms with E-state index in [1.807, 2.05) is 18.5 Å². The molecule has 10 rings (SSSR count). The number of hydrogen-bond acceptors (Lipinski definition) is 4. The molecule has 0 fully saturated rings. The third-order valence-corrected chi connectivity index (χ3v) is 9.92. The van der Waals surface area contributed by atoms with Crippen LogP contribution in [-0.2, 0) is 5.41 Å². The van der Waals surface area contributed by atoms with Crippen molar-refractivity contribution in [3.05, 3.63) is 180 Å². The Morgan fingerprint density at radius 2 is 1.21 bits per heavy atom. The first kappa shape index (κ1) is 25.8. The Kier molecular flexibility index (Phi) is 5.21. The van der Waals surface area contributed by atoms with Gasteiger partial charge in [0.05, 0.1) is 39.5 Å². The Morgan fingerprint density at radius 1 is 0.553 bits per heavy atom. The Balaban J connectivity index is 1.26. The SMILES string of the molecule is N#Cc1ccc2c(c1)C1(c3ccccc3-2)c2ccccc2N(c2cccc(-n3c4ccccc4c4cnccc43)n2)c2ccccc21. The van der Waals surface area contributed by atoms with Crippen LogP contribution in [-0.4, -0.2) is 14.5 Å². The maximum Gasteiger partial charge on any atom is 0.140 e. The third-order valence-electron chi connectivity index (χ3n) is 9.92. The van der Waals surface area contributed by atoms with Crippen LogP contribution in [0.4, 0.5) is 17.2 Å². The number of rotatable bonds is 2. The largest absolute Gasteiger partial charge is 0.294 e. The Labute approximate surface area is 271 Å². The number of para-hydroxylation sites is 3. The van der Waals surface area contributed by atoms with Crippen LogP contribution in [0.15, 0.2) is 152 Å². The minimum Gasteiger partial charge on any atom is -0.294 e. The van der Waals surface area contributed by atoms with Gasteiger partial charge in [-0.2, -0.15) is 5.26 Å². The lowest BCUT2D eigenvalue weighted by Crippen LogP contribution is -2.36. The fraction of sp³-hybridized carbons (Fsp3) is 0.0238. The van der Waals surface area contributed by atoms with E-state index < -0.39 is 5.41 Å². The van der Waals surface area contributed by atoms with Crippen molar-refractivity contribution in [2.45, 2.75) is 5.41 Å². The van der Waals surface area contributed by atoms with Gasteiger partial charge in [0.15, 0.2) is 0 Å². The fourth-order valence-electron chi connectivity index (χ4n) is 8.15. The molecule has 0 unspecified atom stereocenters. The quantitative estimate of drug-likeness (QED) is 0.199. The Hall–Kier alpha value is -6.51. The molecule has 4 heterocycles. The van der Waals surface area contributed by atoms with Gasteiger partial charge in [-0.05, 0) is 81.9 Å². The van der Waals surface area contributed by atoms with E-state index in [4.69, 9.17) is 4.98 Å². The van der Waals surface area contributed by atoms with Crippen molar-refractivity contribution < 1.29 is 0 Å². The summed E-state index contributed by atoms with van der Waals surface area (Å²) in [7, 11) is 0. The summed E-state index contributed by atoms with van der Waals surface area (Å²) < 4.78 is 2.23. The van der Waals surface area contributed by atoms with Crippen molar-refractivity contribution in [1.29, 1.82) is 5.26 Å². The molecule has 2 aliphatic rings. The van der Waals surface area contributed by atoms with Crippen LogP contribution in [0.25, 0.3) is 38.8 Å². The van der Waals surface area contributed by atoms with Gasteiger partial charge in [0.1, 0.15) is 11.6 Å². The summed E-state index contributed by atoms with van der Waals surface area (Å²) in [6, 6.07) is 51.3. The van der Waals surface area contributed by atoms with E-state index in [9.17, 15) is 5.26 Å². The molecule has 0 radical (unpaired) electrons. The van der Waals surface area contributed by atoms with Crippen molar-refractivity contribution >= 4 is 39.0 Å². The average molecular weight is 600 g/mol. The van der Waals surface area contributed by atoms with Gasteiger partial charge in [-0.3, -0.25) is 14.5 Å². The maximum absolute atomic E-state index is 10.0. The highest BCUT2D eigenvalue weighted by molar-refractivity contribution is 6.08. The number of fused-ring (bicyclic) bond motifs is 12. The van der Waals surface area contributed by atoms with Crippen LogP contribution in [0.5, 0.6) is 0 Å². The zero-order chi connectivity index (χ0) is 31.1. The second-order valence-corrected chi connectivity index (χ2v) is 12.1. The number of hydrogen-bond donors (Lipinski definition) is 0. The fourth-order valence-corrected chi connectivity index (χ4v) is 8.15. The second-order valence-electron chi connectivity index (χ2n) is 12.1. The topological polar surface area (TPSA) is 57.7 Å². The zero-order valence-electron chi connectivity index (χ0n) is 25.2. The molecular formula is C42H25N5. The predicted octanol–water partition coefficient (Wildman–Crippen LogP) is 9.59. The first-order valence-corrected chi connectivity index (χ1v) is 15.7. The highest BCUT2D eigenvalue weighted by Crippen LogP contribution is 2.63. The van der Waals surface area contributed by atoms with E-state index in [1.165, 1.54) is 16.7 Å². The summed E-state index contributed by atoms with van der Waals surface area (Å²) in [5.74, 6) is 1.67. The van der Waals surface area contributed by atoms with Gasteiger partial charge < -0.3 is 0 Å². The number of benzene rings is 5. The monoisotopic (exact) mass is 599 g/mol. The van der Waals surface area contributed by atoms with Gasteiger partial charge in [0.25, 0.3) is 0 Å². The van der Waals surface area contributed by atoms with Gasteiger partial charge in [-0.1, -0.05) is 91.0 Å². The summed E-state index contributed by atoms with van der Waals surface area (Å²) >= 11 is 0. The predicted molar refractivity (Wildman–Crippen MR) is 187 cm³/mol. The van der Waals surface area contributed by atoms with E-state index in [2.05, 4.69) is 154 Å². The standard InChI is InChI=1S/C42H25N5/c43-25-27-20-21-29-28-10-1-3-12-32(28)42(35(29)24-27)33-13-4-7-16-38(33)47(39-17-8-5-14-34(39)42)41-19-9-18-40(45-41)46-36-15-6-2-11-30(36)31-26-44-23-22-37(31)46/h1-24,26H. The Morgan fingerprint density at radius 3 is 2.02 bits per heavy atom. The van der Waals surface area contributed by atoms with Crippen LogP contribution in [0.1, 0.15) is 27.8 Å². The lowest BCUT2D eigenvalue weighted by molar-refractivity contribution is 0.751. The van der Waals surface area contributed by atoms with Crippen molar-refractivity contribution in [2.75, 3.05) is 4.90 Å². The molecule has 1 aliphatic heterocycles. The first-order chi connectivity index (χ1) is 23.3. The summed E-state index contributed by atoms with van der Waals surface area (Å²) in [4.78, 5) is 12.1. The Bertz CT molecular complexity index is 2520. The highest BCUT2D eigenvalue weighted by Gasteiger charge is 2.51. The molecule has 1 spiro atoms. The number of anilines is 3. The van der Waals surface area contributed by atoms with Gasteiger partial charge >= 0.3 is 0 Å². The van der Waals surface area contributed by atoms with Crippen molar-refractivity contribution in [3.8, 4) is 23.0 Å². The molecular weight excluding hydrogens is 574 g/mol. The van der Waals surface area contributed by atoms with E-state index in [0.717, 1.165) is 61.5 Å². The molecule has 0 N–H and O–H groups in total. The minimum absolute atomic E-state index is 0.597. The van der Waals surface area contributed by atoms with E-state index in [-0.39, 0.29) is 0 Å². The van der Waals surface area contributed by atoms with E-state index in [0.29, 0.717) is 5.56 Å². The highest BCUT2D eigenvalue weighted by atomic mass is 15.2. The van der Waals surface area contributed by atoms with E-state index >= 15 is 0 Å². The molecule has 0 atom stereocenters. The lowest BCUT2D eigenvalue weighted by Gasteiger charge is -2.44. The number of nitriles is 1. The zero-order valence-corrected chi connectivity index (χ0v) is 25.2. The molecule has 5 heteroatoms. The molecule has 3 aromatic heterocycles. The molecule has 0 saturated heterocycles. The van der Waals surface area contributed by atoms with Crippen LogP contribution in [0.3, 0.4) is 0 Å². The van der Waals surface area contributed by atoms with E-state index in [1.54, 1.807) is 0 Å². The van der Waals surface area contributed by atoms with Gasteiger partial charge in [-0.15, -0.1) is 0 Å². The number of nitrogens with zero attached hydrogens (tertiary/aromatic N) is 5. The average Bonchev–Trinajstić information content (AvgIpc) is 3.63. The van der Waals surface area contributed by atoms with Gasteiger partial charge in [0.2, 0.25) is 0 Å². The van der Waals surface area contributed by atoms with Crippen LogP contribution < -0.4 is 4.90 Å². The molecule has 0 saturated carbocycles. The molecule has 5 aromatic carbocycles. The maximum atomic E-state index is 10.0. The van der Waals surface area contributed by atoms with Crippen LogP contribution >= 0.6 is 0 Å². The molecule has 0 bridgehead atoms. The number of pyridine rings is 2. The molecule has 0 amide bonds. The second kappa shape index (κ2) is 9.50. The molecule has 5 nitrogen and oxygen atoms in total. The normalized spacial score (nSPS) is 13.6. The molecule has 1 aliphatic carbocycles. The van der Waals surface area contributed by atoms with Crippen molar-refractivity contribution in [3.63, 3.8) is 0 Å². The number of aromatic nitrogens is 3. The van der Waals surface area contributed by atoms with Crippen LogP contribution in [0, 0.1) is 11.3 Å². The van der Waals surface area contributed by atoms with Crippen molar-refractivity contribution in [2.24, 2.45) is 0 Å². The van der Waals surface area contributed by atoms with Crippen LogP contribution in [0.2, 0.25) is 0 Å². The molecule has 47 heavy (non-hydrogen) atoms. The van der Waals surface area contributed by atoms with Crippen molar-refractivity contribution in [1.82, 2.24) is 14.5 Å². The third kappa shape index (κ3) is 3.31.